The van der Waals surface area contributed by atoms with Gasteiger partial charge in [-0.25, -0.2) is 0 Å². The molecule has 0 fully saturated rings. The number of halogens is 5. The lowest BCUT2D eigenvalue weighted by atomic mass is 10.0. The molecule has 112 valence electrons. The molecule has 0 heterocycles. The smallest absolute Gasteiger partial charge is 0.335 e. The minimum absolute atomic E-state index is 0.118. The molecular weight excluding hydrogens is 359 g/mol. The summed E-state index contributed by atoms with van der Waals surface area (Å²) >= 11 is 8.73. The Kier molecular flexibility index (Phi) is 5.13. The average molecular weight is 373 g/mol. The maximum atomic E-state index is 13.0. The van der Waals surface area contributed by atoms with Gasteiger partial charge in [0, 0.05) is 17.4 Å². The van der Waals surface area contributed by atoms with Crippen LogP contribution in [0.2, 0.25) is 0 Å². The molecule has 0 saturated carbocycles. The minimum atomic E-state index is -4.60. The van der Waals surface area contributed by atoms with Crippen molar-refractivity contribution in [1.82, 2.24) is 4.90 Å². The molecule has 0 bridgehead atoms. The van der Waals surface area contributed by atoms with E-state index in [0.717, 1.165) is 12.1 Å². The van der Waals surface area contributed by atoms with Crippen molar-refractivity contribution in [2.45, 2.75) is 25.6 Å². The average Bonchev–Trinajstić information content (AvgIpc) is 2.35. The first-order valence-electron chi connectivity index (χ1n) is 5.71. The summed E-state index contributed by atoms with van der Waals surface area (Å²) in [6, 6.07) is 3.47. The molecule has 0 atom stereocenters. The third-order valence-electron chi connectivity index (χ3n) is 3.06. The highest BCUT2D eigenvalue weighted by Crippen LogP contribution is 2.35. The number of benzene rings is 1. The molecule has 1 rings (SSSR count). The summed E-state index contributed by atoms with van der Waals surface area (Å²) in [5.41, 5.74) is -2.09. The molecule has 7 heteroatoms. The van der Waals surface area contributed by atoms with Gasteiger partial charge in [-0.1, -0.05) is 15.9 Å². The molecular formula is C13H14BrClF3NO. The largest absolute Gasteiger partial charge is 0.417 e. The van der Waals surface area contributed by atoms with Crippen LogP contribution in [0.3, 0.4) is 0 Å². The summed E-state index contributed by atoms with van der Waals surface area (Å²) < 4.78 is 39.3. The van der Waals surface area contributed by atoms with Crippen LogP contribution in [0.4, 0.5) is 13.2 Å². The van der Waals surface area contributed by atoms with E-state index in [1.807, 2.05) is 0 Å². The molecule has 1 aromatic carbocycles. The number of carbonyl (C=O) groups is 1. The van der Waals surface area contributed by atoms with E-state index in [4.69, 9.17) is 11.6 Å². The van der Waals surface area contributed by atoms with E-state index in [1.54, 1.807) is 13.8 Å². The van der Waals surface area contributed by atoms with Crippen molar-refractivity contribution >= 4 is 33.4 Å². The van der Waals surface area contributed by atoms with Crippen molar-refractivity contribution in [3.8, 4) is 0 Å². The maximum absolute atomic E-state index is 13.0. The fourth-order valence-electron chi connectivity index (χ4n) is 1.48. The molecule has 0 aromatic heterocycles. The highest BCUT2D eigenvalue weighted by molar-refractivity contribution is 9.10. The third-order valence-corrected chi connectivity index (χ3v) is 4.20. The van der Waals surface area contributed by atoms with E-state index in [-0.39, 0.29) is 15.9 Å². The molecule has 0 aliphatic carbocycles. The molecule has 0 aliphatic rings. The van der Waals surface area contributed by atoms with Gasteiger partial charge in [-0.05, 0) is 32.0 Å². The molecule has 0 aliphatic heterocycles. The summed E-state index contributed by atoms with van der Waals surface area (Å²) in [6.45, 7) is 3.37. The Morgan fingerprint density at radius 2 is 1.90 bits per heavy atom. The molecule has 20 heavy (non-hydrogen) atoms. The van der Waals surface area contributed by atoms with E-state index in [0.29, 0.717) is 0 Å². The number of rotatable bonds is 3. The van der Waals surface area contributed by atoms with E-state index in [9.17, 15) is 18.0 Å². The number of carbonyl (C=O) groups excluding carboxylic acids is 1. The number of amides is 1. The summed E-state index contributed by atoms with van der Waals surface area (Å²) in [4.78, 5) is 13.5. The van der Waals surface area contributed by atoms with E-state index in [1.165, 1.54) is 18.0 Å². The van der Waals surface area contributed by atoms with E-state index in [2.05, 4.69) is 15.9 Å². The molecule has 1 amide bonds. The third kappa shape index (κ3) is 3.67. The zero-order valence-corrected chi connectivity index (χ0v) is 13.5. The van der Waals surface area contributed by atoms with Gasteiger partial charge in [0.1, 0.15) is 0 Å². The lowest BCUT2D eigenvalue weighted by molar-refractivity contribution is -0.138. The first kappa shape index (κ1) is 17.3. The van der Waals surface area contributed by atoms with Gasteiger partial charge >= 0.3 is 6.18 Å². The first-order valence-corrected chi connectivity index (χ1v) is 7.04. The van der Waals surface area contributed by atoms with Gasteiger partial charge in [-0.2, -0.15) is 13.2 Å². The number of hydrogen-bond donors (Lipinski definition) is 0. The summed E-state index contributed by atoms with van der Waals surface area (Å²) in [7, 11) is 1.44. The second-order valence-corrected chi connectivity index (χ2v) is 6.18. The Morgan fingerprint density at radius 1 is 1.35 bits per heavy atom. The van der Waals surface area contributed by atoms with Gasteiger partial charge in [0.05, 0.1) is 16.7 Å². The highest BCUT2D eigenvalue weighted by Gasteiger charge is 2.37. The first-order chi connectivity index (χ1) is 9.00. The van der Waals surface area contributed by atoms with E-state index < -0.39 is 23.2 Å². The molecule has 1 aromatic rings. The van der Waals surface area contributed by atoms with Gasteiger partial charge in [-0.3, -0.25) is 4.79 Å². The van der Waals surface area contributed by atoms with Crippen LogP contribution in [0.25, 0.3) is 0 Å². The zero-order chi connectivity index (χ0) is 15.7. The Hall–Kier alpha value is -0.750. The molecule has 0 spiro atoms. The number of hydrogen-bond acceptors (Lipinski definition) is 1. The van der Waals surface area contributed by atoms with Gasteiger partial charge in [0.15, 0.2) is 0 Å². The topological polar surface area (TPSA) is 20.3 Å². The Labute approximate surface area is 129 Å². The molecule has 0 unspecified atom stereocenters. The van der Waals surface area contributed by atoms with Gasteiger partial charge in [-0.15, -0.1) is 11.6 Å². The molecule has 0 N–H and O–H groups in total. The summed E-state index contributed by atoms with van der Waals surface area (Å²) in [6.07, 6.45) is -4.60. The van der Waals surface area contributed by atoms with Crippen LogP contribution in [-0.4, -0.2) is 29.3 Å². The van der Waals surface area contributed by atoms with Crippen molar-refractivity contribution in [2.24, 2.45) is 0 Å². The zero-order valence-electron chi connectivity index (χ0n) is 11.2. The van der Waals surface area contributed by atoms with Crippen molar-refractivity contribution in [3.05, 3.63) is 33.8 Å². The standard InChI is InChI=1S/C13H14BrClF3NO/c1-12(2,7-15)19(3)11(20)9-5-4-8(14)6-10(9)13(16,17)18/h4-6H,7H2,1-3H3. The summed E-state index contributed by atoms with van der Waals surface area (Å²) in [5.74, 6) is -0.594. The fourth-order valence-corrected chi connectivity index (χ4v) is 2.02. The highest BCUT2D eigenvalue weighted by atomic mass is 79.9. The fraction of sp³-hybridized carbons (Fsp3) is 0.462. The lowest BCUT2D eigenvalue weighted by Crippen LogP contribution is -2.46. The lowest BCUT2D eigenvalue weighted by Gasteiger charge is -2.34. The Bertz CT molecular complexity index is 517. The Balaban J connectivity index is 3.30. The van der Waals surface area contributed by atoms with Crippen LogP contribution in [-0.2, 0) is 6.18 Å². The molecule has 0 radical (unpaired) electrons. The van der Waals surface area contributed by atoms with Crippen molar-refractivity contribution in [1.29, 1.82) is 0 Å². The van der Waals surface area contributed by atoms with Gasteiger partial charge in [0.2, 0.25) is 0 Å². The van der Waals surface area contributed by atoms with Crippen LogP contribution in [0.1, 0.15) is 29.8 Å². The van der Waals surface area contributed by atoms with Crippen molar-refractivity contribution in [2.75, 3.05) is 12.9 Å². The second-order valence-electron chi connectivity index (χ2n) is 5.00. The van der Waals surface area contributed by atoms with Gasteiger partial charge in [0.25, 0.3) is 5.91 Å². The molecule has 0 saturated heterocycles. The van der Waals surface area contributed by atoms with E-state index >= 15 is 0 Å². The maximum Gasteiger partial charge on any atom is 0.417 e. The van der Waals surface area contributed by atoms with Crippen molar-refractivity contribution in [3.63, 3.8) is 0 Å². The Morgan fingerprint density at radius 3 is 2.35 bits per heavy atom. The number of nitrogens with zero attached hydrogens (tertiary/aromatic N) is 1. The van der Waals surface area contributed by atoms with Crippen LogP contribution in [0, 0.1) is 0 Å². The minimum Gasteiger partial charge on any atom is -0.335 e. The molecule has 2 nitrogen and oxygen atoms in total. The SMILES string of the molecule is CN(C(=O)c1ccc(Br)cc1C(F)(F)F)C(C)(C)CCl. The number of alkyl halides is 4. The normalized spacial score (nSPS) is 12.4. The van der Waals surface area contributed by atoms with Crippen molar-refractivity contribution < 1.29 is 18.0 Å². The van der Waals surface area contributed by atoms with Crippen LogP contribution < -0.4 is 0 Å². The monoisotopic (exact) mass is 371 g/mol. The van der Waals surface area contributed by atoms with Crippen LogP contribution in [0.15, 0.2) is 22.7 Å². The predicted octanol–water partition coefficient (Wildman–Crippen LogP) is 4.56. The quantitative estimate of drug-likeness (QED) is 0.713. The van der Waals surface area contributed by atoms with Crippen LogP contribution >= 0.6 is 27.5 Å². The predicted molar refractivity (Wildman–Crippen MR) is 76.0 cm³/mol. The summed E-state index contributed by atoms with van der Waals surface area (Å²) in [5, 5.41) is 0. The van der Waals surface area contributed by atoms with Gasteiger partial charge < -0.3 is 4.90 Å². The second kappa shape index (κ2) is 5.93. The van der Waals surface area contributed by atoms with Crippen LogP contribution in [0.5, 0.6) is 0 Å².